The molecule has 1 heterocycles. The highest BCUT2D eigenvalue weighted by Gasteiger charge is 2.18. The number of rotatable bonds is 3. The SMILES string of the molecule is CCOC(=O)CC1CNCCN(C)C1. The molecular formula is C10H20N2O2. The van der Waals surface area contributed by atoms with Crippen molar-refractivity contribution in [2.24, 2.45) is 5.92 Å². The van der Waals surface area contributed by atoms with Crippen molar-refractivity contribution < 1.29 is 9.53 Å². The summed E-state index contributed by atoms with van der Waals surface area (Å²) in [4.78, 5) is 13.5. The van der Waals surface area contributed by atoms with E-state index in [0.717, 1.165) is 26.2 Å². The second-order valence-electron chi connectivity index (χ2n) is 3.84. The van der Waals surface area contributed by atoms with Crippen molar-refractivity contribution in [2.75, 3.05) is 39.8 Å². The smallest absolute Gasteiger partial charge is 0.306 e. The van der Waals surface area contributed by atoms with Crippen molar-refractivity contribution in [3.8, 4) is 0 Å². The number of likely N-dealkylation sites (N-methyl/N-ethyl adjacent to an activating group) is 1. The van der Waals surface area contributed by atoms with Crippen LogP contribution in [0, 0.1) is 5.92 Å². The molecule has 4 heteroatoms. The van der Waals surface area contributed by atoms with E-state index in [9.17, 15) is 4.79 Å². The Kier molecular flexibility index (Phi) is 4.90. The zero-order valence-corrected chi connectivity index (χ0v) is 9.08. The van der Waals surface area contributed by atoms with E-state index in [1.807, 2.05) is 6.92 Å². The number of nitrogens with one attached hydrogen (secondary N) is 1. The molecule has 0 bridgehead atoms. The number of carbonyl (C=O) groups excluding carboxylic acids is 1. The first-order valence-corrected chi connectivity index (χ1v) is 5.27. The highest BCUT2D eigenvalue weighted by atomic mass is 16.5. The molecule has 1 unspecified atom stereocenters. The van der Waals surface area contributed by atoms with Gasteiger partial charge in [0.2, 0.25) is 0 Å². The van der Waals surface area contributed by atoms with Crippen molar-refractivity contribution >= 4 is 5.97 Å². The first kappa shape index (κ1) is 11.5. The lowest BCUT2D eigenvalue weighted by atomic mass is 10.1. The van der Waals surface area contributed by atoms with Crippen LogP contribution in [0.2, 0.25) is 0 Å². The summed E-state index contributed by atoms with van der Waals surface area (Å²) in [7, 11) is 2.09. The lowest BCUT2D eigenvalue weighted by Crippen LogP contribution is -2.28. The molecule has 1 saturated heterocycles. The normalized spacial score (nSPS) is 24.3. The molecule has 0 aromatic heterocycles. The number of esters is 1. The molecule has 0 spiro atoms. The number of nitrogens with zero attached hydrogens (tertiary/aromatic N) is 1. The fourth-order valence-electron chi connectivity index (χ4n) is 1.77. The number of ether oxygens (including phenoxy) is 1. The molecule has 0 amide bonds. The Labute approximate surface area is 85.6 Å². The molecule has 0 aliphatic carbocycles. The second-order valence-corrected chi connectivity index (χ2v) is 3.84. The van der Waals surface area contributed by atoms with Gasteiger partial charge >= 0.3 is 5.97 Å². The summed E-state index contributed by atoms with van der Waals surface area (Å²) < 4.78 is 4.94. The molecule has 1 atom stereocenters. The maximum absolute atomic E-state index is 11.3. The summed E-state index contributed by atoms with van der Waals surface area (Å²) in [5.41, 5.74) is 0. The van der Waals surface area contributed by atoms with Crippen LogP contribution in [0.4, 0.5) is 0 Å². The van der Waals surface area contributed by atoms with Gasteiger partial charge in [0.05, 0.1) is 13.0 Å². The Balaban J connectivity index is 2.31. The summed E-state index contributed by atoms with van der Waals surface area (Å²) in [6.45, 7) is 6.29. The van der Waals surface area contributed by atoms with Crippen LogP contribution >= 0.6 is 0 Å². The lowest BCUT2D eigenvalue weighted by molar-refractivity contribution is -0.144. The maximum Gasteiger partial charge on any atom is 0.306 e. The molecule has 4 nitrogen and oxygen atoms in total. The van der Waals surface area contributed by atoms with Crippen molar-refractivity contribution in [2.45, 2.75) is 13.3 Å². The Morgan fingerprint density at radius 1 is 1.64 bits per heavy atom. The van der Waals surface area contributed by atoms with Crippen LogP contribution in [0.25, 0.3) is 0 Å². The van der Waals surface area contributed by atoms with Crippen molar-refractivity contribution in [1.82, 2.24) is 10.2 Å². The van der Waals surface area contributed by atoms with Gasteiger partial charge < -0.3 is 15.0 Å². The molecule has 0 aromatic carbocycles. The Morgan fingerprint density at radius 3 is 3.14 bits per heavy atom. The second kappa shape index (κ2) is 5.98. The van der Waals surface area contributed by atoms with E-state index < -0.39 is 0 Å². The first-order chi connectivity index (χ1) is 6.72. The number of carbonyl (C=O) groups is 1. The highest BCUT2D eigenvalue weighted by molar-refractivity contribution is 5.69. The van der Waals surface area contributed by atoms with Crippen molar-refractivity contribution in [3.05, 3.63) is 0 Å². The summed E-state index contributed by atoms with van der Waals surface area (Å²) in [5, 5.41) is 3.33. The van der Waals surface area contributed by atoms with Gasteiger partial charge in [0.1, 0.15) is 0 Å². The van der Waals surface area contributed by atoms with Crippen LogP contribution in [0.5, 0.6) is 0 Å². The van der Waals surface area contributed by atoms with Gasteiger partial charge in [-0.05, 0) is 26.4 Å². The summed E-state index contributed by atoms with van der Waals surface area (Å²) in [6.07, 6.45) is 0.533. The topological polar surface area (TPSA) is 41.6 Å². The van der Waals surface area contributed by atoms with Gasteiger partial charge in [-0.3, -0.25) is 4.79 Å². The van der Waals surface area contributed by atoms with Gasteiger partial charge in [0.15, 0.2) is 0 Å². The van der Waals surface area contributed by atoms with Crippen LogP contribution in [-0.4, -0.2) is 50.7 Å². The summed E-state index contributed by atoms with van der Waals surface area (Å²) in [5.74, 6) is 0.316. The van der Waals surface area contributed by atoms with Gasteiger partial charge in [-0.2, -0.15) is 0 Å². The average molecular weight is 200 g/mol. The highest BCUT2D eigenvalue weighted by Crippen LogP contribution is 2.07. The van der Waals surface area contributed by atoms with Crippen LogP contribution in [0.1, 0.15) is 13.3 Å². The van der Waals surface area contributed by atoms with Crippen LogP contribution in [0.15, 0.2) is 0 Å². The molecule has 0 aromatic rings. The Morgan fingerprint density at radius 2 is 2.43 bits per heavy atom. The minimum atomic E-state index is -0.0744. The predicted octanol–water partition coefficient (Wildman–Crippen LogP) is 0.0908. The third-order valence-electron chi connectivity index (χ3n) is 2.43. The predicted molar refractivity (Wildman–Crippen MR) is 55.1 cm³/mol. The molecule has 1 aliphatic rings. The van der Waals surface area contributed by atoms with E-state index in [0.29, 0.717) is 18.9 Å². The van der Waals surface area contributed by atoms with Crippen LogP contribution in [0.3, 0.4) is 0 Å². The minimum absolute atomic E-state index is 0.0744. The number of hydrogen-bond acceptors (Lipinski definition) is 4. The van der Waals surface area contributed by atoms with E-state index in [-0.39, 0.29) is 5.97 Å². The monoisotopic (exact) mass is 200 g/mol. The largest absolute Gasteiger partial charge is 0.466 e. The molecule has 1 fully saturated rings. The van der Waals surface area contributed by atoms with E-state index in [2.05, 4.69) is 17.3 Å². The fraction of sp³-hybridized carbons (Fsp3) is 0.900. The average Bonchev–Trinajstić information content (AvgIpc) is 2.30. The van der Waals surface area contributed by atoms with Crippen LogP contribution in [-0.2, 0) is 9.53 Å². The fourth-order valence-corrected chi connectivity index (χ4v) is 1.77. The zero-order valence-electron chi connectivity index (χ0n) is 9.08. The van der Waals surface area contributed by atoms with Gasteiger partial charge in [0.25, 0.3) is 0 Å². The maximum atomic E-state index is 11.3. The molecule has 82 valence electrons. The van der Waals surface area contributed by atoms with E-state index >= 15 is 0 Å². The molecule has 0 radical (unpaired) electrons. The lowest BCUT2D eigenvalue weighted by Gasteiger charge is -2.18. The third kappa shape index (κ3) is 4.07. The summed E-state index contributed by atoms with van der Waals surface area (Å²) in [6, 6.07) is 0. The van der Waals surface area contributed by atoms with Crippen molar-refractivity contribution in [3.63, 3.8) is 0 Å². The molecule has 14 heavy (non-hydrogen) atoms. The van der Waals surface area contributed by atoms with E-state index in [1.165, 1.54) is 0 Å². The minimum Gasteiger partial charge on any atom is -0.466 e. The van der Waals surface area contributed by atoms with Crippen LogP contribution < -0.4 is 5.32 Å². The zero-order chi connectivity index (χ0) is 10.4. The third-order valence-corrected chi connectivity index (χ3v) is 2.43. The Bertz CT molecular complexity index is 185. The Hall–Kier alpha value is -0.610. The molecular weight excluding hydrogens is 180 g/mol. The van der Waals surface area contributed by atoms with Gasteiger partial charge in [-0.1, -0.05) is 0 Å². The first-order valence-electron chi connectivity index (χ1n) is 5.27. The number of hydrogen-bond donors (Lipinski definition) is 1. The standard InChI is InChI=1S/C10H20N2O2/c1-3-14-10(13)6-9-7-11-4-5-12(2)8-9/h9,11H,3-8H2,1-2H3. The molecule has 1 aliphatic heterocycles. The van der Waals surface area contributed by atoms with E-state index in [1.54, 1.807) is 0 Å². The molecule has 0 saturated carbocycles. The van der Waals surface area contributed by atoms with Gasteiger partial charge in [-0.25, -0.2) is 0 Å². The molecule has 1 rings (SSSR count). The summed E-state index contributed by atoms with van der Waals surface area (Å²) >= 11 is 0. The van der Waals surface area contributed by atoms with Gasteiger partial charge in [0, 0.05) is 19.6 Å². The molecule has 1 N–H and O–H groups in total. The van der Waals surface area contributed by atoms with E-state index in [4.69, 9.17) is 4.74 Å². The van der Waals surface area contributed by atoms with Crippen molar-refractivity contribution in [1.29, 1.82) is 0 Å². The van der Waals surface area contributed by atoms with Gasteiger partial charge in [-0.15, -0.1) is 0 Å². The quantitative estimate of drug-likeness (QED) is 0.656.